The van der Waals surface area contributed by atoms with E-state index < -0.39 is 0 Å². The molecule has 0 aliphatic heterocycles. The van der Waals surface area contributed by atoms with Gasteiger partial charge in [-0.05, 0) is 37.6 Å². The first-order valence-corrected chi connectivity index (χ1v) is 6.61. The SMILES string of the molecule is COc1ccc(C(C)NCCCc2ncn[nH]2)cc1F. The summed E-state index contributed by atoms with van der Waals surface area (Å²) in [4.78, 5) is 4.06. The molecule has 0 amide bonds. The van der Waals surface area contributed by atoms with E-state index in [1.165, 1.54) is 19.5 Å². The fourth-order valence-electron chi connectivity index (χ4n) is 2.00. The summed E-state index contributed by atoms with van der Waals surface area (Å²) in [5.41, 5.74) is 0.906. The molecule has 1 heterocycles. The molecule has 0 aliphatic carbocycles. The van der Waals surface area contributed by atoms with Crippen LogP contribution >= 0.6 is 0 Å². The Kier molecular flexibility index (Phi) is 5.06. The summed E-state index contributed by atoms with van der Waals surface area (Å²) in [6, 6.07) is 5.12. The fraction of sp³-hybridized carbons (Fsp3) is 0.429. The largest absolute Gasteiger partial charge is 0.494 e. The number of aromatic nitrogens is 3. The number of hydrogen-bond donors (Lipinski definition) is 2. The van der Waals surface area contributed by atoms with Gasteiger partial charge in [0.05, 0.1) is 7.11 Å². The second kappa shape index (κ2) is 7.00. The molecule has 1 atom stereocenters. The predicted octanol–water partition coefficient (Wildman–Crippen LogP) is 2.24. The maximum Gasteiger partial charge on any atom is 0.165 e. The number of aryl methyl sites for hydroxylation is 1. The number of nitrogens with one attached hydrogen (secondary N) is 2. The van der Waals surface area contributed by atoms with E-state index in [9.17, 15) is 4.39 Å². The Morgan fingerprint density at radius 1 is 1.45 bits per heavy atom. The van der Waals surface area contributed by atoms with E-state index in [0.29, 0.717) is 0 Å². The standard InChI is InChI=1S/C14H19FN4O/c1-10(11-5-6-13(20-2)12(15)8-11)16-7-3-4-14-17-9-18-19-14/h5-6,8-10,16H,3-4,7H2,1-2H3,(H,17,18,19). The highest BCUT2D eigenvalue weighted by atomic mass is 19.1. The molecule has 2 aromatic rings. The Morgan fingerprint density at radius 2 is 2.30 bits per heavy atom. The Hall–Kier alpha value is -1.95. The van der Waals surface area contributed by atoms with Crippen LogP contribution in [0.15, 0.2) is 24.5 Å². The molecular weight excluding hydrogens is 259 g/mol. The molecule has 0 aliphatic rings. The molecule has 0 fully saturated rings. The van der Waals surface area contributed by atoms with Gasteiger partial charge in [0.25, 0.3) is 0 Å². The number of rotatable bonds is 7. The molecule has 0 radical (unpaired) electrons. The monoisotopic (exact) mass is 278 g/mol. The van der Waals surface area contributed by atoms with Crippen molar-refractivity contribution in [2.75, 3.05) is 13.7 Å². The number of nitrogens with zero attached hydrogens (tertiary/aromatic N) is 2. The van der Waals surface area contributed by atoms with Crippen LogP contribution in [0.1, 0.15) is 30.8 Å². The van der Waals surface area contributed by atoms with Gasteiger partial charge in [0.2, 0.25) is 0 Å². The molecule has 0 spiro atoms. The highest BCUT2D eigenvalue weighted by molar-refractivity contribution is 5.30. The molecule has 1 aromatic heterocycles. The smallest absolute Gasteiger partial charge is 0.165 e. The first-order chi connectivity index (χ1) is 9.70. The minimum atomic E-state index is -0.333. The van der Waals surface area contributed by atoms with Crippen LogP contribution in [0.5, 0.6) is 5.75 Å². The molecule has 20 heavy (non-hydrogen) atoms. The molecule has 0 bridgehead atoms. The Bertz CT molecular complexity index is 530. The lowest BCUT2D eigenvalue weighted by Crippen LogP contribution is -2.20. The fourth-order valence-corrected chi connectivity index (χ4v) is 2.00. The quantitative estimate of drug-likeness (QED) is 0.762. The summed E-state index contributed by atoms with van der Waals surface area (Å²) in [5, 5.41) is 9.98. The Labute approximate surface area is 117 Å². The van der Waals surface area contributed by atoms with Crippen molar-refractivity contribution in [1.82, 2.24) is 20.5 Å². The molecule has 108 valence electrons. The average Bonchev–Trinajstić information content (AvgIpc) is 2.96. The summed E-state index contributed by atoms with van der Waals surface area (Å²) in [6.07, 6.45) is 3.29. The summed E-state index contributed by atoms with van der Waals surface area (Å²) >= 11 is 0. The van der Waals surface area contributed by atoms with E-state index >= 15 is 0 Å². The summed E-state index contributed by atoms with van der Waals surface area (Å²) in [7, 11) is 1.46. The van der Waals surface area contributed by atoms with Gasteiger partial charge in [0.15, 0.2) is 11.6 Å². The van der Waals surface area contributed by atoms with Crippen molar-refractivity contribution in [3.8, 4) is 5.75 Å². The van der Waals surface area contributed by atoms with Gasteiger partial charge in [-0.1, -0.05) is 6.07 Å². The van der Waals surface area contributed by atoms with E-state index in [1.54, 1.807) is 6.07 Å². The van der Waals surface area contributed by atoms with Crippen molar-refractivity contribution < 1.29 is 9.13 Å². The van der Waals surface area contributed by atoms with Gasteiger partial charge in [0, 0.05) is 12.5 Å². The average molecular weight is 278 g/mol. The lowest BCUT2D eigenvalue weighted by Gasteiger charge is -2.15. The van der Waals surface area contributed by atoms with Crippen LogP contribution < -0.4 is 10.1 Å². The van der Waals surface area contributed by atoms with Crippen LogP contribution in [-0.4, -0.2) is 28.8 Å². The van der Waals surface area contributed by atoms with Gasteiger partial charge in [-0.25, -0.2) is 9.37 Å². The third-order valence-electron chi connectivity index (χ3n) is 3.18. The van der Waals surface area contributed by atoms with Crippen LogP contribution in [-0.2, 0) is 6.42 Å². The van der Waals surface area contributed by atoms with Gasteiger partial charge in [-0.15, -0.1) is 0 Å². The maximum absolute atomic E-state index is 13.6. The van der Waals surface area contributed by atoms with Crippen molar-refractivity contribution in [2.45, 2.75) is 25.8 Å². The van der Waals surface area contributed by atoms with Crippen molar-refractivity contribution in [2.24, 2.45) is 0 Å². The second-order valence-electron chi connectivity index (χ2n) is 4.61. The molecule has 1 unspecified atom stereocenters. The Balaban J connectivity index is 1.79. The number of methoxy groups -OCH3 is 1. The zero-order valence-electron chi connectivity index (χ0n) is 11.7. The molecule has 2 rings (SSSR count). The van der Waals surface area contributed by atoms with Crippen LogP contribution in [0, 0.1) is 5.82 Å². The van der Waals surface area contributed by atoms with Gasteiger partial charge in [-0.3, -0.25) is 5.10 Å². The van der Waals surface area contributed by atoms with Crippen molar-refractivity contribution in [3.05, 3.63) is 41.7 Å². The predicted molar refractivity (Wildman–Crippen MR) is 74.1 cm³/mol. The van der Waals surface area contributed by atoms with Crippen LogP contribution in [0.2, 0.25) is 0 Å². The molecule has 0 saturated heterocycles. The van der Waals surface area contributed by atoms with E-state index in [1.807, 2.05) is 13.0 Å². The number of H-pyrrole nitrogens is 1. The van der Waals surface area contributed by atoms with Crippen LogP contribution in [0.4, 0.5) is 4.39 Å². The van der Waals surface area contributed by atoms with E-state index in [4.69, 9.17) is 4.74 Å². The molecule has 0 saturated carbocycles. The summed E-state index contributed by atoms with van der Waals surface area (Å²) in [5.74, 6) is 0.821. The van der Waals surface area contributed by atoms with E-state index in [2.05, 4.69) is 20.5 Å². The summed E-state index contributed by atoms with van der Waals surface area (Å²) < 4.78 is 18.5. The number of hydrogen-bond acceptors (Lipinski definition) is 4. The van der Waals surface area contributed by atoms with Crippen molar-refractivity contribution >= 4 is 0 Å². The lowest BCUT2D eigenvalue weighted by atomic mass is 10.1. The van der Waals surface area contributed by atoms with Gasteiger partial charge in [-0.2, -0.15) is 5.10 Å². The highest BCUT2D eigenvalue weighted by Crippen LogP contribution is 2.21. The summed E-state index contributed by atoms with van der Waals surface area (Å²) in [6.45, 7) is 2.84. The van der Waals surface area contributed by atoms with Gasteiger partial charge >= 0.3 is 0 Å². The first kappa shape index (κ1) is 14.5. The zero-order valence-corrected chi connectivity index (χ0v) is 11.7. The van der Waals surface area contributed by atoms with E-state index in [0.717, 1.165) is 30.8 Å². The molecule has 5 nitrogen and oxygen atoms in total. The minimum absolute atomic E-state index is 0.0881. The molecule has 6 heteroatoms. The minimum Gasteiger partial charge on any atom is -0.494 e. The third kappa shape index (κ3) is 3.77. The van der Waals surface area contributed by atoms with Crippen molar-refractivity contribution in [1.29, 1.82) is 0 Å². The van der Waals surface area contributed by atoms with E-state index in [-0.39, 0.29) is 17.6 Å². The Morgan fingerprint density at radius 3 is 2.95 bits per heavy atom. The lowest BCUT2D eigenvalue weighted by molar-refractivity contribution is 0.385. The molecular formula is C14H19FN4O. The topological polar surface area (TPSA) is 62.8 Å². The number of ether oxygens (including phenoxy) is 1. The van der Waals surface area contributed by atoms with Gasteiger partial charge in [0.1, 0.15) is 12.2 Å². The van der Waals surface area contributed by atoms with Crippen LogP contribution in [0.25, 0.3) is 0 Å². The number of benzene rings is 1. The second-order valence-corrected chi connectivity index (χ2v) is 4.61. The normalized spacial score (nSPS) is 12.3. The van der Waals surface area contributed by atoms with Crippen molar-refractivity contribution in [3.63, 3.8) is 0 Å². The number of aromatic amines is 1. The van der Waals surface area contributed by atoms with Gasteiger partial charge < -0.3 is 10.1 Å². The van der Waals surface area contributed by atoms with Crippen LogP contribution in [0.3, 0.4) is 0 Å². The molecule has 2 N–H and O–H groups in total. The highest BCUT2D eigenvalue weighted by Gasteiger charge is 2.09. The maximum atomic E-state index is 13.6. The first-order valence-electron chi connectivity index (χ1n) is 6.61. The molecule has 1 aromatic carbocycles. The zero-order chi connectivity index (χ0) is 14.4. The number of halogens is 1. The third-order valence-corrected chi connectivity index (χ3v) is 3.18.